The molecule has 0 unspecified atom stereocenters. The van der Waals surface area contributed by atoms with Crippen LogP contribution < -0.4 is 19.9 Å². The summed E-state index contributed by atoms with van der Waals surface area (Å²) < 4.78 is 5.95. The third kappa shape index (κ3) is 4.93. The van der Waals surface area contributed by atoms with Crippen molar-refractivity contribution in [1.82, 2.24) is 10.3 Å². The number of hydrogen-bond donors (Lipinski definition) is 1. The highest BCUT2D eigenvalue weighted by atomic mass is 16.5. The van der Waals surface area contributed by atoms with Crippen molar-refractivity contribution < 1.29 is 14.3 Å². The first-order chi connectivity index (χ1) is 15.3. The molecule has 172 valence electrons. The average molecular weight is 439 g/mol. The van der Waals surface area contributed by atoms with Crippen LogP contribution in [0.25, 0.3) is 0 Å². The SMILES string of the molecule is CCN1C(=O)C(C)(C)C(=O)N(C)c2cc(OCCCCNCc3cccnc3C)ccc21. The molecule has 0 atom stereocenters. The second kappa shape index (κ2) is 10.1. The highest BCUT2D eigenvalue weighted by Crippen LogP contribution is 2.40. The highest BCUT2D eigenvalue weighted by molar-refractivity contribution is 6.20. The van der Waals surface area contributed by atoms with Crippen molar-refractivity contribution in [1.29, 1.82) is 0 Å². The first kappa shape index (κ1) is 23.7. The van der Waals surface area contributed by atoms with Crippen LogP contribution in [0.3, 0.4) is 0 Å². The largest absolute Gasteiger partial charge is 0.494 e. The smallest absolute Gasteiger partial charge is 0.242 e. The maximum atomic E-state index is 12.9. The zero-order valence-electron chi connectivity index (χ0n) is 19.8. The summed E-state index contributed by atoms with van der Waals surface area (Å²) in [5, 5.41) is 3.45. The molecule has 7 heteroatoms. The van der Waals surface area contributed by atoms with Crippen molar-refractivity contribution >= 4 is 23.2 Å². The summed E-state index contributed by atoms with van der Waals surface area (Å²) >= 11 is 0. The predicted molar refractivity (Wildman–Crippen MR) is 127 cm³/mol. The van der Waals surface area contributed by atoms with E-state index in [0.717, 1.165) is 37.3 Å². The molecule has 0 spiro atoms. The van der Waals surface area contributed by atoms with Crippen LogP contribution in [0.15, 0.2) is 36.5 Å². The number of ether oxygens (including phenoxy) is 1. The van der Waals surface area contributed by atoms with E-state index in [0.29, 0.717) is 24.6 Å². The zero-order valence-corrected chi connectivity index (χ0v) is 19.8. The van der Waals surface area contributed by atoms with Crippen molar-refractivity contribution in [2.45, 2.75) is 47.1 Å². The van der Waals surface area contributed by atoms with Crippen LogP contribution in [0.2, 0.25) is 0 Å². The summed E-state index contributed by atoms with van der Waals surface area (Å²) in [6.45, 7) is 10.1. The molecule has 0 saturated carbocycles. The molecule has 1 aliphatic heterocycles. The van der Waals surface area contributed by atoms with Gasteiger partial charge in [-0.2, -0.15) is 0 Å². The number of carbonyl (C=O) groups is 2. The zero-order chi connectivity index (χ0) is 23.3. The Morgan fingerprint density at radius 1 is 1.09 bits per heavy atom. The normalized spacial score (nSPS) is 15.5. The molecule has 2 amide bonds. The number of benzene rings is 1. The molecular formula is C25H34N4O3. The van der Waals surface area contributed by atoms with Crippen molar-refractivity contribution in [3.05, 3.63) is 47.8 Å². The van der Waals surface area contributed by atoms with Crippen LogP contribution in [-0.2, 0) is 16.1 Å². The minimum Gasteiger partial charge on any atom is -0.494 e. The molecule has 2 heterocycles. The Labute approximate surface area is 190 Å². The van der Waals surface area contributed by atoms with E-state index in [1.807, 2.05) is 44.3 Å². The number of unbranched alkanes of at least 4 members (excludes halogenated alkanes) is 1. The van der Waals surface area contributed by atoms with Crippen LogP contribution in [0.5, 0.6) is 5.75 Å². The van der Waals surface area contributed by atoms with Gasteiger partial charge in [-0.15, -0.1) is 0 Å². The summed E-state index contributed by atoms with van der Waals surface area (Å²) in [5.74, 6) is 0.301. The van der Waals surface area contributed by atoms with Gasteiger partial charge >= 0.3 is 0 Å². The summed E-state index contributed by atoms with van der Waals surface area (Å²) in [6.07, 6.45) is 3.72. The quantitative estimate of drug-likeness (QED) is 0.477. The van der Waals surface area contributed by atoms with Crippen molar-refractivity contribution in [3.63, 3.8) is 0 Å². The molecular weight excluding hydrogens is 404 g/mol. The van der Waals surface area contributed by atoms with E-state index in [1.165, 1.54) is 5.56 Å². The Kier molecular flexibility index (Phi) is 7.51. The fraction of sp³-hybridized carbons (Fsp3) is 0.480. The maximum absolute atomic E-state index is 12.9. The van der Waals surface area contributed by atoms with E-state index in [2.05, 4.69) is 16.4 Å². The lowest BCUT2D eigenvalue weighted by atomic mass is 9.90. The molecule has 0 fully saturated rings. The van der Waals surface area contributed by atoms with Crippen LogP contribution in [0.4, 0.5) is 11.4 Å². The van der Waals surface area contributed by atoms with Crippen molar-refractivity contribution in [2.75, 3.05) is 36.5 Å². The molecule has 7 nitrogen and oxygen atoms in total. The van der Waals surface area contributed by atoms with E-state index in [4.69, 9.17) is 4.74 Å². The third-order valence-electron chi connectivity index (χ3n) is 5.98. The summed E-state index contributed by atoms with van der Waals surface area (Å²) in [4.78, 5) is 33.4. The molecule has 2 aromatic rings. The van der Waals surface area contributed by atoms with Crippen LogP contribution in [-0.4, -0.2) is 43.5 Å². The fourth-order valence-electron chi connectivity index (χ4n) is 3.94. The number of carbonyl (C=O) groups excluding carboxylic acids is 2. The van der Waals surface area contributed by atoms with Gasteiger partial charge in [0.25, 0.3) is 0 Å². The molecule has 1 N–H and O–H groups in total. The van der Waals surface area contributed by atoms with E-state index in [9.17, 15) is 9.59 Å². The van der Waals surface area contributed by atoms with Crippen molar-refractivity contribution in [2.24, 2.45) is 5.41 Å². The van der Waals surface area contributed by atoms with Crippen LogP contribution in [0.1, 0.15) is 44.9 Å². The summed E-state index contributed by atoms with van der Waals surface area (Å²) in [6, 6.07) is 9.64. The molecule has 1 aromatic carbocycles. The van der Waals surface area contributed by atoms with Gasteiger partial charge < -0.3 is 19.9 Å². The van der Waals surface area contributed by atoms with E-state index in [-0.39, 0.29) is 11.8 Å². The summed E-state index contributed by atoms with van der Waals surface area (Å²) in [5.41, 5.74) is 2.60. The number of pyridine rings is 1. The van der Waals surface area contributed by atoms with Crippen molar-refractivity contribution in [3.8, 4) is 5.75 Å². The van der Waals surface area contributed by atoms with Gasteiger partial charge in [0.05, 0.1) is 18.0 Å². The number of aromatic nitrogens is 1. The van der Waals surface area contributed by atoms with Gasteiger partial charge in [0.1, 0.15) is 11.2 Å². The Morgan fingerprint density at radius 3 is 2.59 bits per heavy atom. The minimum atomic E-state index is -1.11. The van der Waals surface area contributed by atoms with Gasteiger partial charge in [0.15, 0.2) is 0 Å². The molecule has 0 radical (unpaired) electrons. The monoisotopic (exact) mass is 438 g/mol. The number of hydrogen-bond acceptors (Lipinski definition) is 5. The van der Waals surface area contributed by atoms with Gasteiger partial charge in [-0.1, -0.05) is 6.07 Å². The minimum absolute atomic E-state index is 0.182. The number of nitrogens with zero attached hydrogens (tertiary/aromatic N) is 3. The van der Waals surface area contributed by atoms with E-state index < -0.39 is 5.41 Å². The summed E-state index contributed by atoms with van der Waals surface area (Å²) in [7, 11) is 1.72. The molecule has 1 aliphatic rings. The standard InChI is InChI=1S/C25H34N4O3/c1-6-29-21-12-11-20(16-22(21)28(5)23(30)25(3,4)24(29)31)32-15-8-7-13-26-17-19-10-9-14-27-18(19)2/h9-12,14,16,26H,6-8,13,15,17H2,1-5H3. The van der Waals surface area contributed by atoms with Crippen LogP contribution >= 0.6 is 0 Å². The molecule has 3 rings (SSSR count). The fourth-order valence-corrected chi connectivity index (χ4v) is 3.94. The lowest BCUT2D eigenvalue weighted by Gasteiger charge is -2.27. The number of nitrogens with one attached hydrogen (secondary N) is 1. The number of rotatable bonds is 9. The van der Waals surface area contributed by atoms with Gasteiger partial charge in [-0.3, -0.25) is 14.6 Å². The van der Waals surface area contributed by atoms with E-state index >= 15 is 0 Å². The number of amides is 2. The number of fused-ring (bicyclic) bond motifs is 1. The predicted octanol–water partition coefficient (Wildman–Crippen LogP) is 3.69. The lowest BCUT2D eigenvalue weighted by molar-refractivity contribution is -0.137. The Hall–Kier alpha value is -2.93. The number of anilines is 2. The molecule has 0 aliphatic carbocycles. The number of aryl methyl sites for hydroxylation is 1. The van der Waals surface area contributed by atoms with Gasteiger partial charge in [0, 0.05) is 38.1 Å². The first-order valence-corrected chi connectivity index (χ1v) is 11.3. The first-order valence-electron chi connectivity index (χ1n) is 11.3. The second-order valence-electron chi connectivity index (χ2n) is 8.67. The molecule has 1 aromatic heterocycles. The Morgan fingerprint density at radius 2 is 1.88 bits per heavy atom. The van der Waals surface area contributed by atoms with Gasteiger partial charge in [0.2, 0.25) is 11.8 Å². The third-order valence-corrected chi connectivity index (χ3v) is 5.98. The average Bonchev–Trinajstić information content (AvgIpc) is 2.83. The van der Waals surface area contributed by atoms with Gasteiger partial charge in [-0.25, -0.2) is 0 Å². The molecule has 32 heavy (non-hydrogen) atoms. The lowest BCUT2D eigenvalue weighted by Crippen LogP contribution is -2.47. The van der Waals surface area contributed by atoms with Crippen LogP contribution in [0, 0.1) is 12.3 Å². The second-order valence-corrected chi connectivity index (χ2v) is 8.67. The maximum Gasteiger partial charge on any atom is 0.242 e. The molecule has 0 bridgehead atoms. The Bertz CT molecular complexity index is 973. The van der Waals surface area contributed by atoms with E-state index in [1.54, 1.807) is 30.7 Å². The topological polar surface area (TPSA) is 74.8 Å². The molecule has 0 saturated heterocycles. The Balaban J connectivity index is 1.55. The highest BCUT2D eigenvalue weighted by Gasteiger charge is 2.45. The van der Waals surface area contributed by atoms with Gasteiger partial charge in [-0.05, 0) is 70.8 Å².